The fourth-order valence-electron chi connectivity index (χ4n) is 3.51. The lowest BCUT2D eigenvalue weighted by molar-refractivity contribution is 0.0600. The van der Waals surface area contributed by atoms with Crippen molar-refractivity contribution in [3.63, 3.8) is 0 Å². The Morgan fingerprint density at radius 2 is 1.63 bits per heavy atom. The number of hydrogen-bond acceptors (Lipinski definition) is 6. The molecule has 0 fully saturated rings. The highest BCUT2D eigenvalue weighted by Crippen LogP contribution is 2.38. The summed E-state index contributed by atoms with van der Waals surface area (Å²) >= 11 is 5.78. The fraction of sp³-hybridized carbons (Fsp3) is 0.321. The van der Waals surface area contributed by atoms with Gasteiger partial charge in [-0.15, -0.1) is 0 Å². The van der Waals surface area contributed by atoms with Crippen LogP contribution >= 0.6 is 11.6 Å². The van der Waals surface area contributed by atoms with Crippen LogP contribution in [-0.4, -0.2) is 43.0 Å². The minimum Gasteiger partial charge on any atom is -0.491 e. The lowest BCUT2D eigenvalue weighted by Crippen LogP contribution is -2.41. The molecule has 222 valence electrons. The van der Waals surface area contributed by atoms with Gasteiger partial charge in [-0.1, -0.05) is 50.6 Å². The van der Waals surface area contributed by atoms with Crippen molar-refractivity contribution in [2.45, 2.75) is 43.8 Å². The molecule has 3 aromatic carbocycles. The smallest absolute Gasteiger partial charge is 0.337 e. The molecule has 0 atom stereocenters. The van der Waals surface area contributed by atoms with Gasteiger partial charge in [0.2, 0.25) is 0 Å². The van der Waals surface area contributed by atoms with Gasteiger partial charge in [0, 0.05) is 17.2 Å². The summed E-state index contributed by atoms with van der Waals surface area (Å²) in [4.78, 5) is 10.9. The lowest BCUT2D eigenvalue weighted by atomic mass is 10.0. The largest absolute Gasteiger partial charge is 0.491 e. The van der Waals surface area contributed by atoms with Gasteiger partial charge in [0.15, 0.2) is 14.1 Å². The molecule has 0 aliphatic carbocycles. The number of sulfonamides is 1. The van der Waals surface area contributed by atoms with Crippen LogP contribution in [-0.2, 0) is 19.2 Å². The lowest BCUT2D eigenvalue weighted by Gasteiger charge is -2.36. The summed E-state index contributed by atoms with van der Waals surface area (Å²) in [6.07, 6.45) is 0. The number of anilines is 1. The van der Waals surface area contributed by atoms with E-state index in [9.17, 15) is 22.0 Å². The number of hydrogen-bond donors (Lipinski definition) is 1. The quantitative estimate of drug-likeness (QED) is 0.143. The third kappa shape index (κ3) is 7.42. The average molecular weight is 630 g/mol. The van der Waals surface area contributed by atoms with Crippen molar-refractivity contribution < 1.29 is 40.3 Å². The van der Waals surface area contributed by atoms with Gasteiger partial charge in [-0.05, 0) is 42.4 Å². The van der Waals surface area contributed by atoms with E-state index in [2.05, 4.69) is 38.6 Å². The summed E-state index contributed by atoms with van der Waals surface area (Å²) < 4.78 is 89.0. The first-order valence-electron chi connectivity index (χ1n) is 12.4. The molecule has 0 radical (unpaired) electrons. The van der Waals surface area contributed by atoms with E-state index in [4.69, 9.17) is 20.8 Å². The second kappa shape index (κ2) is 12.4. The maximum absolute atomic E-state index is 15.0. The highest BCUT2D eigenvalue weighted by Gasteiger charge is 2.37. The number of rotatable bonds is 10. The number of halogens is 4. The van der Waals surface area contributed by atoms with Crippen molar-refractivity contribution in [1.29, 1.82) is 0 Å². The topological polar surface area (TPSA) is 90.9 Å². The van der Waals surface area contributed by atoms with E-state index in [0.29, 0.717) is 18.7 Å². The second-order valence-electron chi connectivity index (χ2n) is 10.6. The molecule has 0 saturated heterocycles. The molecule has 0 aromatic heterocycles. The third-order valence-electron chi connectivity index (χ3n) is 6.79. The molecule has 13 heteroatoms. The second-order valence-corrected chi connectivity index (χ2v) is 17.5. The van der Waals surface area contributed by atoms with Crippen molar-refractivity contribution in [3.05, 3.63) is 76.6 Å². The first kappa shape index (κ1) is 32.5. The maximum Gasteiger partial charge on any atom is 0.337 e. The van der Waals surface area contributed by atoms with E-state index in [-0.39, 0.29) is 34.1 Å². The molecule has 0 unspecified atom stereocenters. The zero-order valence-electron chi connectivity index (χ0n) is 23.4. The van der Waals surface area contributed by atoms with Gasteiger partial charge in [-0.25, -0.2) is 26.4 Å². The number of nitrogens with one attached hydrogen (secondary N) is 1. The number of methoxy groups -OCH3 is 1. The first-order valence-corrected chi connectivity index (χ1v) is 17.2. The summed E-state index contributed by atoms with van der Waals surface area (Å²) in [5.74, 6) is -4.32. The molecule has 0 amide bonds. The van der Waals surface area contributed by atoms with Gasteiger partial charge in [0.1, 0.15) is 28.9 Å². The minimum atomic E-state index is -4.84. The molecule has 0 bridgehead atoms. The SMILES string of the molecule is COC(=O)c1cc(Cl)c(F)c(S(=O)(=O)Nc2cc(-c3ccccc3OCCO[Si](C)(C)C(C)(C)C)c(F)cc2F)c1. The molecular weight excluding hydrogens is 599 g/mol. The van der Waals surface area contributed by atoms with Gasteiger partial charge in [0.05, 0.1) is 30.0 Å². The number of carbonyl (C=O) groups is 1. The summed E-state index contributed by atoms with van der Waals surface area (Å²) in [5, 5.41) is -0.669. The van der Waals surface area contributed by atoms with Crippen LogP contribution < -0.4 is 9.46 Å². The van der Waals surface area contributed by atoms with Gasteiger partial charge < -0.3 is 13.9 Å². The van der Waals surface area contributed by atoms with E-state index in [0.717, 1.165) is 19.2 Å². The van der Waals surface area contributed by atoms with E-state index in [1.54, 1.807) is 18.2 Å². The van der Waals surface area contributed by atoms with Crippen LogP contribution in [0.15, 0.2) is 53.4 Å². The monoisotopic (exact) mass is 629 g/mol. The van der Waals surface area contributed by atoms with E-state index in [1.165, 1.54) is 6.07 Å². The number of para-hydroxylation sites is 1. The predicted molar refractivity (Wildman–Crippen MR) is 154 cm³/mol. The number of benzene rings is 3. The molecule has 0 spiro atoms. The van der Waals surface area contributed by atoms with Crippen LogP contribution in [0.1, 0.15) is 31.1 Å². The molecule has 7 nitrogen and oxygen atoms in total. The third-order valence-corrected chi connectivity index (χ3v) is 13.0. The Bertz CT molecular complexity index is 1560. The predicted octanol–water partition coefficient (Wildman–Crippen LogP) is 7.41. The first-order chi connectivity index (χ1) is 19.0. The molecule has 3 aromatic rings. The standard InChI is InChI=1S/C28H31ClF3NO6SSi/c1-28(2,3)41(5,6)39-12-11-38-24-10-8-7-9-18(24)19-15-23(22(31)16-21(19)30)33-40(35,36)25-14-17(27(34)37-4)13-20(29)26(25)32/h7-10,13-16,33H,11-12H2,1-6H3. The number of carbonyl (C=O) groups excluding carboxylic acids is 1. The fourth-order valence-corrected chi connectivity index (χ4v) is 5.99. The zero-order valence-corrected chi connectivity index (χ0v) is 26.0. The van der Waals surface area contributed by atoms with Gasteiger partial charge in [-0.3, -0.25) is 4.72 Å². The van der Waals surface area contributed by atoms with E-state index in [1.807, 2.05) is 4.72 Å². The molecular formula is C28H31ClF3NO6SSi. The molecule has 0 saturated carbocycles. The zero-order chi connectivity index (χ0) is 30.8. The Labute approximate surface area is 243 Å². The summed E-state index contributed by atoms with van der Waals surface area (Å²) in [5.41, 5.74) is -0.967. The average Bonchev–Trinajstić information content (AvgIpc) is 2.88. The molecule has 0 aliphatic heterocycles. The van der Waals surface area contributed by atoms with Crippen molar-refractivity contribution in [1.82, 2.24) is 0 Å². The van der Waals surface area contributed by atoms with Crippen LogP contribution in [0.25, 0.3) is 11.1 Å². The van der Waals surface area contributed by atoms with Crippen molar-refractivity contribution in [2.24, 2.45) is 0 Å². The molecule has 0 aliphatic rings. The van der Waals surface area contributed by atoms with E-state index < -0.39 is 57.4 Å². The molecule has 3 rings (SSSR count). The minimum absolute atomic E-state index is 0.000753. The normalized spacial score (nSPS) is 12.2. The molecule has 1 N–H and O–H groups in total. The van der Waals surface area contributed by atoms with Gasteiger partial charge in [-0.2, -0.15) is 0 Å². The molecule has 0 heterocycles. The molecule has 41 heavy (non-hydrogen) atoms. The summed E-state index contributed by atoms with van der Waals surface area (Å²) in [6.45, 7) is 11.0. The highest BCUT2D eigenvalue weighted by atomic mass is 35.5. The van der Waals surface area contributed by atoms with Crippen LogP contribution in [0.4, 0.5) is 18.9 Å². The Morgan fingerprint density at radius 1 is 0.976 bits per heavy atom. The highest BCUT2D eigenvalue weighted by molar-refractivity contribution is 7.92. The summed E-state index contributed by atoms with van der Waals surface area (Å²) in [7, 11) is -5.82. The van der Waals surface area contributed by atoms with Crippen molar-refractivity contribution in [2.75, 3.05) is 25.0 Å². The number of ether oxygens (including phenoxy) is 2. The van der Waals surface area contributed by atoms with Crippen LogP contribution in [0.2, 0.25) is 23.2 Å². The maximum atomic E-state index is 15.0. The van der Waals surface area contributed by atoms with Crippen LogP contribution in [0.3, 0.4) is 0 Å². The van der Waals surface area contributed by atoms with E-state index >= 15 is 4.39 Å². The van der Waals surface area contributed by atoms with Crippen LogP contribution in [0.5, 0.6) is 5.75 Å². The van der Waals surface area contributed by atoms with Gasteiger partial charge in [0.25, 0.3) is 10.0 Å². The van der Waals surface area contributed by atoms with Crippen molar-refractivity contribution in [3.8, 4) is 16.9 Å². The van der Waals surface area contributed by atoms with Crippen LogP contribution in [0, 0.1) is 17.5 Å². The Hall–Kier alpha value is -3.06. The Balaban J connectivity index is 1.93. The Morgan fingerprint density at radius 3 is 2.27 bits per heavy atom. The Kier molecular flexibility index (Phi) is 9.84. The van der Waals surface area contributed by atoms with Crippen molar-refractivity contribution >= 4 is 41.6 Å². The summed E-state index contributed by atoms with van der Waals surface area (Å²) in [6, 6.07) is 9.41. The number of esters is 1. The van der Waals surface area contributed by atoms with Gasteiger partial charge >= 0.3 is 5.97 Å².